The molecule has 0 unspecified atom stereocenters. The lowest BCUT2D eigenvalue weighted by Crippen LogP contribution is -2.38. The summed E-state index contributed by atoms with van der Waals surface area (Å²) < 4.78 is 2.01. The SMILES string of the molecule is Cc1nc2ccc(C(=O)N3CCc4ccccc4[C@H]3C)cn2c1C.N. The predicted molar refractivity (Wildman–Crippen MR) is 99.3 cm³/mol. The summed E-state index contributed by atoms with van der Waals surface area (Å²) in [5.74, 6) is 0.0876. The Balaban J connectivity index is 0.00000182. The van der Waals surface area contributed by atoms with Crippen LogP contribution < -0.4 is 6.15 Å². The molecule has 25 heavy (non-hydrogen) atoms. The number of imidazole rings is 1. The largest absolute Gasteiger partial charge is 0.344 e. The Morgan fingerprint density at radius 2 is 1.92 bits per heavy atom. The summed E-state index contributed by atoms with van der Waals surface area (Å²) in [5, 5.41) is 0. The summed E-state index contributed by atoms with van der Waals surface area (Å²) in [5.41, 5.74) is 6.29. The van der Waals surface area contributed by atoms with E-state index in [0.717, 1.165) is 30.0 Å². The second-order valence-corrected chi connectivity index (χ2v) is 6.55. The van der Waals surface area contributed by atoms with Crippen molar-refractivity contribution < 1.29 is 4.79 Å². The highest BCUT2D eigenvalue weighted by atomic mass is 16.2. The van der Waals surface area contributed by atoms with Gasteiger partial charge in [-0.05, 0) is 50.5 Å². The van der Waals surface area contributed by atoms with Crippen molar-refractivity contribution in [3.8, 4) is 0 Å². The number of amides is 1. The van der Waals surface area contributed by atoms with Gasteiger partial charge in [0.2, 0.25) is 0 Å². The maximum absolute atomic E-state index is 13.1. The first-order chi connectivity index (χ1) is 11.6. The topological polar surface area (TPSA) is 72.6 Å². The smallest absolute Gasteiger partial charge is 0.255 e. The molecule has 0 radical (unpaired) electrons. The molecule has 4 rings (SSSR count). The van der Waals surface area contributed by atoms with E-state index in [1.54, 1.807) is 0 Å². The molecule has 1 amide bonds. The van der Waals surface area contributed by atoms with Crippen LogP contribution in [0.5, 0.6) is 0 Å². The van der Waals surface area contributed by atoms with Crippen LogP contribution >= 0.6 is 0 Å². The lowest BCUT2D eigenvalue weighted by atomic mass is 9.93. The van der Waals surface area contributed by atoms with Crippen LogP contribution in [0.3, 0.4) is 0 Å². The van der Waals surface area contributed by atoms with Gasteiger partial charge in [0.15, 0.2) is 0 Å². The number of rotatable bonds is 1. The van der Waals surface area contributed by atoms with Crippen molar-refractivity contribution in [2.45, 2.75) is 33.2 Å². The third-order valence-electron chi connectivity index (χ3n) is 5.20. The number of fused-ring (bicyclic) bond motifs is 2. The van der Waals surface area contributed by atoms with Crippen molar-refractivity contribution in [3.63, 3.8) is 0 Å². The molecule has 0 bridgehead atoms. The molecule has 5 heteroatoms. The molecular formula is C20H24N4O. The Kier molecular flexibility index (Phi) is 4.35. The fourth-order valence-electron chi connectivity index (χ4n) is 3.62. The number of hydrogen-bond donors (Lipinski definition) is 1. The molecule has 3 aromatic rings. The molecule has 3 heterocycles. The van der Waals surface area contributed by atoms with E-state index in [1.165, 1.54) is 11.1 Å². The molecule has 5 nitrogen and oxygen atoms in total. The van der Waals surface area contributed by atoms with Gasteiger partial charge in [0.05, 0.1) is 17.3 Å². The molecule has 0 saturated carbocycles. The van der Waals surface area contributed by atoms with Crippen LogP contribution in [-0.4, -0.2) is 26.7 Å². The van der Waals surface area contributed by atoms with Gasteiger partial charge in [0.25, 0.3) is 5.91 Å². The highest BCUT2D eigenvalue weighted by Crippen LogP contribution is 2.30. The van der Waals surface area contributed by atoms with Gasteiger partial charge in [0.1, 0.15) is 5.65 Å². The monoisotopic (exact) mass is 336 g/mol. The maximum atomic E-state index is 13.1. The molecule has 0 aliphatic carbocycles. The Morgan fingerprint density at radius 1 is 1.16 bits per heavy atom. The number of benzene rings is 1. The standard InChI is InChI=1S/C20H21N3O.H3N/c1-13-14(2)23-12-17(8-9-19(23)21-13)20(24)22-11-10-16-6-4-5-7-18(16)15(22)3;/h4-9,12,15H,10-11H2,1-3H3;1H3/t15-;/m1./s1. The highest BCUT2D eigenvalue weighted by Gasteiger charge is 2.28. The predicted octanol–water partition coefficient (Wildman–Crippen LogP) is 3.87. The summed E-state index contributed by atoms with van der Waals surface area (Å²) in [7, 11) is 0. The summed E-state index contributed by atoms with van der Waals surface area (Å²) in [6.45, 7) is 6.90. The minimum absolute atomic E-state index is 0. The first-order valence-corrected chi connectivity index (χ1v) is 8.40. The van der Waals surface area contributed by atoms with Crippen molar-refractivity contribution in [2.75, 3.05) is 6.54 Å². The number of nitrogens with zero attached hydrogens (tertiary/aromatic N) is 3. The molecule has 3 N–H and O–H groups in total. The van der Waals surface area contributed by atoms with E-state index in [0.29, 0.717) is 5.56 Å². The van der Waals surface area contributed by atoms with Gasteiger partial charge < -0.3 is 15.5 Å². The fraction of sp³-hybridized carbons (Fsp3) is 0.300. The van der Waals surface area contributed by atoms with Crippen LogP contribution in [0.4, 0.5) is 0 Å². The van der Waals surface area contributed by atoms with Gasteiger partial charge in [0, 0.05) is 18.4 Å². The summed E-state index contributed by atoms with van der Waals surface area (Å²) in [4.78, 5) is 19.6. The Morgan fingerprint density at radius 3 is 2.72 bits per heavy atom. The number of aromatic nitrogens is 2. The third-order valence-corrected chi connectivity index (χ3v) is 5.20. The average molecular weight is 336 g/mol. The normalized spacial score (nSPS) is 16.4. The molecule has 130 valence electrons. The first kappa shape index (κ1) is 17.2. The molecule has 1 aliphatic rings. The second kappa shape index (κ2) is 6.33. The number of aryl methyl sites for hydroxylation is 2. The maximum Gasteiger partial charge on any atom is 0.255 e. The molecule has 1 aliphatic heterocycles. The molecule has 1 aromatic carbocycles. The highest BCUT2D eigenvalue weighted by molar-refractivity contribution is 5.94. The van der Waals surface area contributed by atoms with Crippen LogP contribution in [0.2, 0.25) is 0 Å². The quantitative estimate of drug-likeness (QED) is 0.733. The van der Waals surface area contributed by atoms with Crippen molar-refractivity contribution in [3.05, 3.63) is 70.7 Å². The lowest BCUT2D eigenvalue weighted by molar-refractivity contribution is 0.0677. The van der Waals surface area contributed by atoms with E-state index in [-0.39, 0.29) is 18.1 Å². The number of hydrogen-bond acceptors (Lipinski definition) is 3. The Labute approximate surface area is 147 Å². The molecular weight excluding hydrogens is 312 g/mol. The lowest BCUT2D eigenvalue weighted by Gasteiger charge is -2.35. The Bertz CT molecular complexity index is 944. The second-order valence-electron chi connectivity index (χ2n) is 6.55. The van der Waals surface area contributed by atoms with Crippen molar-refractivity contribution in [1.29, 1.82) is 0 Å². The zero-order chi connectivity index (χ0) is 16.8. The average Bonchev–Trinajstić information content (AvgIpc) is 2.89. The third kappa shape index (κ3) is 2.70. The molecule has 0 saturated heterocycles. The minimum Gasteiger partial charge on any atom is -0.344 e. The van der Waals surface area contributed by atoms with Crippen LogP contribution in [-0.2, 0) is 6.42 Å². The van der Waals surface area contributed by atoms with Gasteiger partial charge in [-0.15, -0.1) is 0 Å². The molecule has 0 fully saturated rings. The van der Waals surface area contributed by atoms with Crippen molar-refractivity contribution in [1.82, 2.24) is 20.4 Å². The zero-order valence-electron chi connectivity index (χ0n) is 15.0. The number of pyridine rings is 1. The molecule has 1 atom stereocenters. The first-order valence-electron chi connectivity index (χ1n) is 8.40. The van der Waals surface area contributed by atoms with E-state index < -0.39 is 0 Å². The van der Waals surface area contributed by atoms with Crippen molar-refractivity contribution in [2.24, 2.45) is 0 Å². The molecule has 2 aromatic heterocycles. The minimum atomic E-state index is 0. The Hall–Kier alpha value is -2.66. The zero-order valence-corrected chi connectivity index (χ0v) is 15.0. The summed E-state index contributed by atoms with van der Waals surface area (Å²) in [6.07, 6.45) is 2.83. The van der Waals surface area contributed by atoms with E-state index in [2.05, 4.69) is 30.1 Å². The van der Waals surface area contributed by atoms with E-state index >= 15 is 0 Å². The summed E-state index contributed by atoms with van der Waals surface area (Å²) in [6, 6.07) is 12.3. The fourth-order valence-corrected chi connectivity index (χ4v) is 3.62. The van der Waals surface area contributed by atoms with Gasteiger partial charge in [-0.25, -0.2) is 4.98 Å². The summed E-state index contributed by atoms with van der Waals surface area (Å²) >= 11 is 0. The van der Waals surface area contributed by atoms with E-state index in [1.807, 2.05) is 47.5 Å². The van der Waals surface area contributed by atoms with Crippen LogP contribution in [0.15, 0.2) is 42.6 Å². The number of carbonyl (C=O) groups excluding carboxylic acids is 1. The van der Waals surface area contributed by atoms with Gasteiger partial charge in [-0.3, -0.25) is 4.79 Å². The van der Waals surface area contributed by atoms with Crippen LogP contribution in [0.1, 0.15) is 45.8 Å². The van der Waals surface area contributed by atoms with Gasteiger partial charge >= 0.3 is 0 Å². The molecule has 0 spiro atoms. The van der Waals surface area contributed by atoms with E-state index in [4.69, 9.17) is 0 Å². The van der Waals surface area contributed by atoms with Gasteiger partial charge in [-0.1, -0.05) is 24.3 Å². The van der Waals surface area contributed by atoms with Crippen LogP contribution in [0.25, 0.3) is 5.65 Å². The van der Waals surface area contributed by atoms with Crippen molar-refractivity contribution >= 4 is 11.6 Å². The van der Waals surface area contributed by atoms with E-state index in [9.17, 15) is 4.79 Å². The van der Waals surface area contributed by atoms with Gasteiger partial charge in [-0.2, -0.15) is 0 Å². The van der Waals surface area contributed by atoms with Crippen LogP contribution in [0, 0.1) is 13.8 Å². The number of carbonyl (C=O) groups is 1.